The second kappa shape index (κ2) is 13.0. The number of methoxy groups -OCH3 is 1. The van der Waals surface area contributed by atoms with E-state index in [4.69, 9.17) is 14.3 Å². The molecule has 0 saturated heterocycles. The number of hydrogen-bond acceptors (Lipinski definition) is 8. The normalized spacial score (nSPS) is 12.8. The Bertz CT molecular complexity index is 1520. The van der Waals surface area contributed by atoms with Crippen LogP contribution in [0.2, 0.25) is 0 Å². The van der Waals surface area contributed by atoms with E-state index in [1.165, 1.54) is 30.6 Å². The van der Waals surface area contributed by atoms with Gasteiger partial charge < -0.3 is 15.0 Å². The molecule has 4 aromatic rings. The molecule has 0 aliphatic rings. The minimum absolute atomic E-state index is 0.200. The van der Waals surface area contributed by atoms with E-state index in [-0.39, 0.29) is 18.0 Å². The standard InChI is InChI=1S/C27H28N4O6S3/c1-31(26(32)21(29-27(33)37-2)15-18-7-4-3-5-8-18)23(22-17-39-25(28-22)24-9-6-14-38-24)16-19-10-12-20(13-11-19)30-40(34,35)36/h3-14,17,21,23,30H,15-16H2,1-2H3,(H,29,33)(H,34,35,36). The lowest BCUT2D eigenvalue weighted by Crippen LogP contribution is -2.49. The Labute approximate surface area is 240 Å². The van der Waals surface area contributed by atoms with Gasteiger partial charge in [-0.3, -0.25) is 14.1 Å². The van der Waals surface area contributed by atoms with Gasteiger partial charge in [0.2, 0.25) is 5.91 Å². The number of rotatable bonds is 11. The Hall–Kier alpha value is -3.78. The van der Waals surface area contributed by atoms with E-state index in [1.807, 2.05) is 57.9 Å². The Morgan fingerprint density at radius 3 is 2.33 bits per heavy atom. The van der Waals surface area contributed by atoms with Crippen molar-refractivity contribution in [2.24, 2.45) is 0 Å². The first-order valence-electron chi connectivity index (χ1n) is 12.1. The van der Waals surface area contributed by atoms with Crippen molar-refractivity contribution in [3.63, 3.8) is 0 Å². The van der Waals surface area contributed by atoms with Gasteiger partial charge in [0.05, 0.1) is 29.4 Å². The van der Waals surface area contributed by atoms with E-state index in [0.29, 0.717) is 12.1 Å². The molecule has 210 valence electrons. The molecule has 2 atom stereocenters. The topological polar surface area (TPSA) is 138 Å². The maximum atomic E-state index is 13.9. The fourth-order valence-corrected chi connectivity index (χ4v) is 6.24. The van der Waals surface area contributed by atoms with Crippen molar-refractivity contribution in [3.8, 4) is 9.88 Å². The fraction of sp³-hybridized carbons (Fsp3) is 0.222. The molecule has 10 nitrogen and oxygen atoms in total. The van der Waals surface area contributed by atoms with Gasteiger partial charge >= 0.3 is 16.4 Å². The van der Waals surface area contributed by atoms with Crippen molar-refractivity contribution in [3.05, 3.63) is 94.3 Å². The summed E-state index contributed by atoms with van der Waals surface area (Å²) in [5.41, 5.74) is 2.56. The lowest BCUT2D eigenvalue weighted by atomic mass is 10.00. The second-order valence-electron chi connectivity index (χ2n) is 8.88. The molecule has 2 amide bonds. The summed E-state index contributed by atoms with van der Waals surface area (Å²) in [4.78, 5) is 33.5. The van der Waals surface area contributed by atoms with Gasteiger partial charge in [-0.25, -0.2) is 9.78 Å². The van der Waals surface area contributed by atoms with E-state index in [0.717, 1.165) is 21.0 Å². The number of thiazole rings is 1. The number of aromatic nitrogens is 1. The van der Waals surface area contributed by atoms with Crippen molar-refractivity contribution in [1.29, 1.82) is 0 Å². The van der Waals surface area contributed by atoms with E-state index >= 15 is 0 Å². The monoisotopic (exact) mass is 600 g/mol. The number of carbonyl (C=O) groups is 2. The first-order chi connectivity index (χ1) is 19.1. The lowest BCUT2D eigenvalue weighted by Gasteiger charge is -2.31. The summed E-state index contributed by atoms with van der Waals surface area (Å²) in [6, 6.07) is 18.4. The van der Waals surface area contributed by atoms with E-state index in [2.05, 4.69) is 5.32 Å². The van der Waals surface area contributed by atoms with Crippen LogP contribution in [-0.4, -0.2) is 55.1 Å². The first-order valence-corrected chi connectivity index (χ1v) is 15.3. The molecule has 13 heteroatoms. The number of carbonyl (C=O) groups excluding carboxylic acids is 2. The summed E-state index contributed by atoms with van der Waals surface area (Å²) >= 11 is 3.05. The van der Waals surface area contributed by atoms with E-state index in [1.54, 1.807) is 35.4 Å². The molecule has 4 rings (SSSR count). The number of alkyl carbamates (subject to hydrolysis) is 1. The molecule has 0 saturated carbocycles. The predicted octanol–water partition coefficient (Wildman–Crippen LogP) is 4.80. The highest BCUT2D eigenvalue weighted by molar-refractivity contribution is 7.87. The highest BCUT2D eigenvalue weighted by Crippen LogP contribution is 2.33. The Morgan fingerprint density at radius 1 is 1.00 bits per heavy atom. The first kappa shape index (κ1) is 29.2. The molecule has 0 aliphatic heterocycles. The number of ether oxygens (including phenoxy) is 1. The van der Waals surface area contributed by atoms with Gasteiger partial charge in [0.1, 0.15) is 11.0 Å². The van der Waals surface area contributed by atoms with Crippen LogP contribution in [0, 0.1) is 0 Å². The zero-order chi connectivity index (χ0) is 28.7. The third-order valence-electron chi connectivity index (χ3n) is 6.10. The zero-order valence-corrected chi connectivity index (χ0v) is 24.1. The maximum absolute atomic E-state index is 13.9. The summed E-state index contributed by atoms with van der Waals surface area (Å²) in [6.45, 7) is 0. The summed E-state index contributed by atoms with van der Waals surface area (Å²) in [5.74, 6) is -0.324. The molecule has 40 heavy (non-hydrogen) atoms. The van der Waals surface area contributed by atoms with Crippen molar-refractivity contribution in [1.82, 2.24) is 15.2 Å². The highest BCUT2D eigenvalue weighted by Gasteiger charge is 2.31. The average molecular weight is 601 g/mol. The van der Waals surface area contributed by atoms with Crippen LogP contribution in [0.5, 0.6) is 0 Å². The summed E-state index contributed by atoms with van der Waals surface area (Å²) in [5, 5.41) is 7.38. The zero-order valence-electron chi connectivity index (χ0n) is 21.7. The van der Waals surface area contributed by atoms with Gasteiger partial charge in [-0.2, -0.15) is 8.42 Å². The summed E-state index contributed by atoms with van der Waals surface area (Å²) in [6.07, 6.45) is -0.0905. The summed E-state index contributed by atoms with van der Waals surface area (Å²) in [7, 11) is -1.49. The van der Waals surface area contributed by atoms with Gasteiger partial charge in [0.25, 0.3) is 0 Å². The van der Waals surface area contributed by atoms with Crippen LogP contribution in [0.1, 0.15) is 22.9 Å². The van der Waals surface area contributed by atoms with Crippen molar-refractivity contribution in [2.45, 2.75) is 24.9 Å². The van der Waals surface area contributed by atoms with Crippen molar-refractivity contribution in [2.75, 3.05) is 18.9 Å². The molecule has 2 aromatic carbocycles. The van der Waals surface area contributed by atoms with Crippen LogP contribution in [0.4, 0.5) is 10.5 Å². The van der Waals surface area contributed by atoms with Crippen LogP contribution >= 0.6 is 22.7 Å². The number of likely N-dealkylation sites (N-methyl/N-ethyl adjacent to an activating group) is 1. The molecule has 0 spiro atoms. The second-order valence-corrected chi connectivity index (χ2v) is 11.8. The number of amides is 2. The number of hydrogen-bond donors (Lipinski definition) is 3. The average Bonchev–Trinajstić information content (AvgIpc) is 3.64. The maximum Gasteiger partial charge on any atom is 0.407 e. The van der Waals surface area contributed by atoms with Crippen LogP contribution in [0.25, 0.3) is 9.88 Å². The number of thiophene rings is 1. The van der Waals surface area contributed by atoms with Gasteiger partial charge in [-0.15, -0.1) is 22.7 Å². The van der Waals surface area contributed by atoms with Crippen LogP contribution in [0.15, 0.2) is 77.5 Å². The quantitative estimate of drug-likeness (QED) is 0.210. The molecule has 0 bridgehead atoms. The molecular weight excluding hydrogens is 573 g/mol. The Kier molecular flexibility index (Phi) is 9.53. The smallest absolute Gasteiger partial charge is 0.407 e. The summed E-state index contributed by atoms with van der Waals surface area (Å²) < 4.78 is 38.2. The van der Waals surface area contributed by atoms with Crippen molar-refractivity contribution < 1.29 is 27.3 Å². The Morgan fingerprint density at radius 2 is 1.70 bits per heavy atom. The van der Waals surface area contributed by atoms with E-state index in [9.17, 15) is 18.0 Å². The molecule has 3 N–H and O–H groups in total. The van der Waals surface area contributed by atoms with Gasteiger partial charge in [0, 0.05) is 18.8 Å². The molecule has 2 unspecified atom stereocenters. The molecule has 0 radical (unpaired) electrons. The van der Waals surface area contributed by atoms with Gasteiger partial charge in [-0.1, -0.05) is 48.5 Å². The van der Waals surface area contributed by atoms with E-state index < -0.39 is 28.5 Å². The van der Waals surface area contributed by atoms with Crippen LogP contribution in [0.3, 0.4) is 0 Å². The number of nitrogens with zero attached hydrogens (tertiary/aromatic N) is 2. The lowest BCUT2D eigenvalue weighted by molar-refractivity contribution is -0.134. The largest absolute Gasteiger partial charge is 0.453 e. The van der Waals surface area contributed by atoms with Crippen LogP contribution < -0.4 is 10.0 Å². The number of nitrogens with one attached hydrogen (secondary N) is 2. The predicted molar refractivity (Wildman–Crippen MR) is 156 cm³/mol. The molecule has 0 aliphatic carbocycles. The molecule has 2 heterocycles. The van der Waals surface area contributed by atoms with Gasteiger partial charge in [0.15, 0.2) is 0 Å². The number of benzene rings is 2. The molecule has 2 aromatic heterocycles. The Balaban J connectivity index is 1.64. The fourth-order valence-electron chi connectivity index (χ4n) is 4.12. The van der Waals surface area contributed by atoms with Crippen molar-refractivity contribution >= 4 is 50.7 Å². The molecule has 0 fully saturated rings. The highest BCUT2D eigenvalue weighted by atomic mass is 32.2. The number of anilines is 1. The minimum atomic E-state index is -4.40. The third kappa shape index (κ3) is 7.88. The minimum Gasteiger partial charge on any atom is -0.453 e. The van der Waals surface area contributed by atoms with Crippen LogP contribution in [-0.2, 0) is 32.7 Å². The molecular formula is C27H28N4O6S3. The third-order valence-corrected chi connectivity index (χ3v) is 8.49. The van der Waals surface area contributed by atoms with Gasteiger partial charge in [-0.05, 0) is 41.1 Å². The SMILES string of the molecule is COC(=O)NC(Cc1ccccc1)C(=O)N(C)C(Cc1ccc(NS(=O)(=O)O)cc1)c1csc(-c2cccs2)n1.